The molecule has 0 aliphatic carbocycles. The van der Waals surface area contributed by atoms with Crippen molar-refractivity contribution in [3.05, 3.63) is 58.7 Å². The second kappa shape index (κ2) is 11.1. The maximum absolute atomic E-state index is 13.8. The molecular formula is C28H37N3O4. The molecule has 2 unspecified atom stereocenters. The van der Waals surface area contributed by atoms with Gasteiger partial charge in [-0.15, -0.1) is 0 Å². The number of nitrogens with one attached hydrogen (secondary N) is 1. The lowest BCUT2D eigenvalue weighted by Crippen LogP contribution is -2.50. The maximum atomic E-state index is 13.8. The highest BCUT2D eigenvalue weighted by atomic mass is 16.5. The van der Waals surface area contributed by atoms with Gasteiger partial charge in [0.15, 0.2) is 11.5 Å². The summed E-state index contributed by atoms with van der Waals surface area (Å²) < 4.78 is 11.1. The molecule has 2 aliphatic rings. The predicted molar refractivity (Wildman–Crippen MR) is 136 cm³/mol. The second-order valence-electron chi connectivity index (χ2n) is 9.30. The van der Waals surface area contributed by atoms with Gasteiger partial charge in [-0.25, -0.2) is 0 Å². The van der Waals surface area contributed by atoms with Crippen molar-refractivity contribution in [2.45, 2.75) is 45.1 Å². The summed E-state index contributed by atoms with van der Waals surface area (Å²) in [6.45, 7) is 8.36. The lowest BCUT2D eigenvalue weighted by molar-refractivity contribution is -0.124. The third kappa shape index (κ3) is 4.87. The quantitative estimate of drug-likeness (QED) is 0.562. The number of ether oxygens (including phenoxy) is 2. The first-order valence-corrected chi connectivity index (χ1v) is 12.7. The lowest BCUT2D eigenvalue weighted by atomic mass is 9.75. The van der Waals surface area contributed by atoms with Gasteiger partial charge in [-0.3, -0.25) is 9.59 Å². The molecule has 0 fully saturated rings. The normalized spacial score (nSPS) is 18.5. The van der Waals surface area contributed by atoms with E-state index in [1.807, 2.05) is 41.3 Å². The molecule has 188 valence electrons. The Bertz CT molecular complexity index is 1060. The topological polar surface area (TPSA) is 71.1 Å². The van der Waals surface area contributed by atoms with Crippen molar-refractivity contribution < 1.29 is 19.1 Å². The summed E-state index contributed by atoms with van der Waals surface area (Å²) in [6.07, 6.45) is 2.88. The molecule has 0 saturated heterocycles. The molecule has 2 aromatic rings. The molecule has 2 aromatic carbocycles. The van der Waals surface area contributed by atoms with Crippen LogP contribution in [0, 0.1) is 0 Å². The van der Waals surface area contributed by atoms with Gasteiger partial charge in [-0.1, -0.05) is 32.0 Å². The molecule has 0 saturated carbocycles. The van der Waals surface area contributed by atoms with Crippen LogP contribution < -0.4 is 14.8 Å². The molecule has 0 bridgehead atoms. The average molecular weight is 480 g/mol. The monoisotopic (exact) mass is 479 g/mol. The zero-order chi connectivity index (χ0) is 24.9. The number of benzene rings is 2. The van der Waals surface area contributed by atoms with Crippen LogP contribution in [0.1, 0.15) is 65.7 Å². The molecule has 2 aliphatic heterocycles. The van der Waals surface area contributed by atoms with E-state index < -0.39 is 5.92 Å². The highest BCUT2D eigenvalue weighted by molar-refractivity contribution is 6.01. The van der Waals surface area contributed by atoms with Crippen LogP contribution in [0.4, 0.5) is 0 Å². The summed E-state index contributed by atoms with van der Waals surface area (Å²) in [6, 6.07) is 11.1. The van der Waals surface area contributed by atoms with Gasteiger partial charge >= 0.3 is 0 Å². The van der Waals surface area contributed by atoms with Crippen molar-refractivity contribution in [3.63, 3.8) is 0 Å². The number of carbonyl (C=O) groups excluding carboxylic acids is 2. The Labute approximate surface area is 208 Å². The van der Waals surface area contributed by atoms with Crippen LogP contribution in [0.3, 0.4) is 0 Å². The van der Waals surface area contributed by atoms with Crippen molar-refractivity contribution in [2.75, 3.05) is 46.9 Å². The fourth-order valence-electron chi connectivity index (χ4n) is 5.55. The first-order chi connectivity index (χ1) is 17.0. The van der Waals surface area contributed by atoms with Crippen LogP contribution in [0.25, 0.3) is 0 Å². The Morgan fingerprint density at radius 3 is 2.40 bits per heavy atom. The Morgan fingerprint density at radius 2 is 1.71 bits per heavy atom. The van der Waals surface area contributed by atoms with Gasteiger partial charge in [0.2, 0.25) is 5.91 Å². The van der Waals surface area contributed by atoms with Crippen LogP contribution in [-0.4, -0.2) is 68.6 Å². The zero-order valence-corrected chi connectivity index (χ0v) is 21.3. The fourth-order valence-corrected chi connectivity index (χ4v) is 5.55. The van der Waals surface area contributed by atoms with E-state index in [9.17, 15) is 9.59 Å². The third-order valence-electron chi connectivity index (χ3n) is 7.11. The molecular weight excluding hydrogens is 442 g/mol. The van der Waals surface area contributed by atoms with Gasteiger partial charge in [-0.05, 0) is 67.2 Å². The first kappa shape index (κ1) is 25.0. The molecule has 0 aromatic heterocycles. The van der Waals surface area contributed by atoms with Gasteiger partial charge in [-0.2, -0.15) is 0 Å². The summed E-state index contributed by atoms with van der Waals surface area (Å²) in [5.41, 5.74) is 3.45. The Hall–Kier alpha value is -3.06. The van der Waals surface area contributed by atoms with E-state index >= 15 is 0 Å². The Balaban J connectivity index is 1.69. The van der Waals surface area contributed by atoms with Gasteiger partial charge in [0.25, 0.3) is 5.91 Å². The first-order valence-electron chi connectivity index (χ1n) is 12.7. The largest absolute Gasteiger partial charge is 0.493 e. The standard InChI is InChI=1S/C28H37N3O4/c1-5-13-30(14-6-2)16-12-29-27(32)25-20-9-7-8-10-21(20)28(33)31-15-11-19-17-23(34-3)24(35-4)18-22(19)26(25)31/h7-10,17-18,25-26H,5-6,11-16H2,1-4H3,(H,29,32). The van der Waals surface area contributed by atoms with E-state index in [4.69, 9.17) is 9.47 Å². The van der Waals surface area contributed by atoms with E-state index in [0.717, 1.165) is 49.2 Å². The predicted octanol–water partition coefficient (Wildman–Crippen LogP) is 3.78. The number of hydrogen-bond donors (Lipinski definition) is 1. The van der Waals surface area contributed by atoms with Gasteiger partial charge < -0.3 is 24.6 Å². The number of rotatable bonds is 10. The van der Waals surface area contributed by atoms with Gasteiger partial charge in [0.1, 0.15) is 0 Å². The minimum atomic E-state index is -0.494. The van der Waals surface area contributed by atoms with Gasteiger partial charge in [0, 0.05) is 25.2 Å². The number of carbonyl (C=O) groups is 2. The Morgan fingerprint density at radius 1 is 1.03 bits per heavy atom. The summed E-state index contributed by atoms with van der Waals surface area (Å²) in [4.78, 5) is 31.5. The smallest absolute Gasteiger partial charge is 0.254 e. The number of fused-ring (bicyclic) bond motifs is 4. The molecule has 0 spiro atoms. The SMILES string of the molecule is CCCN(CCC)CCNC(=O)C1c2ccccc2C(=O)N2CCc3cc(OC)c(OC)cc3C12. The molecule has 2 amide bonds. The second-order valence-corrected chi connectivity index (χ2v) is 9.30. The highest BCUT2D eigenvalue weighted by Gasteiger charge is 2.46. The number of hydrogen-bond acceptors (Lipinski definition) is 5. The van der Waals surface area contributed by atoms with Crippen molar-refractivity contribution in [1.29, 1.82) is 0 Å². The van der Waals surface area contributed by atoms with Crippen LogP contribution in [0.5, 0.6) is 11.5 Å². The zero-order valence-electron chi connectivity index (χ0n) is 21.3. The van der Waals surface area contributed by atoms with Crippen molar-refractivity contribution in [1.82, 2.24) is 15.1 Å². The maximum Gasteiger partial charge on any atom is 0.254 e. The van der Waals surface area contributed by atoms with E-state index in [1.165, 1.54) is 0 Å². The molecule has 7 nitrogen and oxygen atoms in total. The summed E-state index contributed by atoms with van der Waals surface area (Å²) >= 11 is 0. The molecule has 2 atom stereocenters. The van der Waals surface area contributed by atoms with Crippen LogP contribution in [-0.2, 0) is 11.2 Å². The molecule has 1 N–H and O–H groups in total. The number of methoxy groups -OCH3 is 2. The summed E-state index contributed by atoms with van der Waals surface area (Å²) in [5.74, 6) is 0.707. The average Bonchev–Trinajstić information content (AvgIpc) is 2.88. The molecule has 0 radical (unpaired) electrons. The fraction of sp³-hybridized carbons (Fsp3) is 0.500. The molecule has 2 heterocycles. The van der Waals surface area contributed by atoms with Crippen LogP contribution >= 0.6 is 0 Å². The lowest BCUT2D eigenvalue weighted by Gasteiger charge is -2.45. The third-order valence-corrected chi connectivity index (χ3v) is 7.11. The van der Waals surface area contributed by atoms with Crippen LogP contribution in [0.15, 0.2) is 36.4 Å². The number of nitrogens with zero attached hydrogens (tertiary/aromatic N) is 2. The molecule has 35 heavy (non-hydrogen) atoms. The van der Waals surface area contributed by atoms with E-state index in [2.05, 4.69) is 24.1 Å². The van der Waals surface area contributed by atoms with Gasteiger partial charge in [0.05, 0.1) is 26.2 Å². The summed E-state index contributed by atoms with van der Waals surface area (Å²) in [7, 11) is 3.23. The van der Waals surface area contributed by atoms with Crippen molar-refractivity contribution >= 4 is 11.8 Å². The highest BCUT2D eigenvalue weighted by Crippen LogP contribution is 2.48. The minimum absolute atomic E-state index is 0.0212. The molecule has 4 rings (SSSR count). The summed E-state index contributed by atoms with van der Waals surface area (Å²) in [5, 5.41) is 3.20. The van der Waals surface area contributed by atoms with E-state index in [-0.39, 0.29) is 17.9 Å². The van der Waals surface area contributed by atoms with Crippen molar-refractivity contribution in [2.24, 2.45) is 0 Å². The minimum Gasteiger partial charge on any atom is -0.493 e. The van der Waals surface area contributed by atoms with Crippen molar-refractivity contribution in [3.8, 4) is 11.5 Å². The Kier molecular flexibility index (Phi) is 7.96. The van der Waals surface area contributed by atoms with Crippen LogP contribution in [0.2, 0.25) is 0 Å². The van der Waals surface area contributed by atoms with E-state index in [0.29, 0.717) is 36.6 Å². The molecule has 7 heteroatoms. The van der Waals surface area contributed by atoms with E-state index in [1.54, 1.807) is 14.2 Å². The number of amides is 2.